The molecule has 2 nitrogen and oxygen atoms in total. The summed E-state index contributed by atoms with van der Waals surface area (Å²) in [5, 5.41) is 4.66. The molecule has 3 heteroatoms. The quantitative estimate of drug-likeness (QED) is 0.166. The number of rotatable bonds is 5. The fraction of sp³-hybridized carbons (Fsp3) is 0. The summed E-state index contributed by atoms with van der Waals surface area (Å²) in [5.74, 6) is 0. The lowest BCUT2D eigenvalue weighted by Gasteiger charge is -2.10. The van der Waals surface area contributed by atoms with Crippen LogP contribution in [0.1, 0.15) is 9.60 Å². The topological polar surface area (TPSA) is 9.86 Å². The van der Waals surface area contributed by atoms with Crippen LogP contribution in [-0.2, 0) is 0 Å². The summed E-state index contributed by atoms with van der Waals surface area (Å²) in [6.45, 7) is 0. The molecule has 0 radical (unpaired) electrons. The Kier molecular flexibility index (Phi) is 5.74. The van der Waals surface area contributed by atoms with Crippen LogP contribution in [0.5, 0.6) is 0 Å². The first-order valence-corrected chi connectivity index (χ1v) is 19.8. The van der Waals surface area contributed by atoms with Gasteiger partial charge >= 0.3 is 0 Å². The highest BCUT2D eigenvalue weighted by Gasteiger charge is 2.19. The average Bonchev–Trinajstić information content (AvgIpc) is 4.01. The van der Waals surface area contributed by atoms with Gasteiger partial charge in [-0.2, -0.15) is 0 Å². The van der Waals surface area contributed by atoms with Gasteiger partial charge in [-0.15, -0.1) is 11.3 Å². The number of aromatic nitrogens is 2. The predicted octanol–water partition coefficient (Wildman–Crippen LogP) is 15.2. The molecule has 12 rings (SSSR count). The summed E-state index contributed by atoms with van der Waals surface area (Å²) in [4.78, 5) is 0. The van der Waals surface area contributed by atoms with Crippen LogP contribution in [0.2, 0.25) is 0 Å². The molecule has 0 atom stereocenters. The molecule has 3 heterocycles. The van der Waals surface area contributed by atoms with Crippen molar-refractivity contribution in [2.45, 2.75) is 0 Å². The molecular formula is C54H34N2S. The smallest absolute Gasteiger partial charge is 0.0645 e. The van der Waals surface area contributed by atoms with Gasteiger partial charge in [0.05, 0.1) is 31.7 Å². The Bertz CT molecular complexity index is 3910. The van der Waals surface area contributed by atoms with Crippen molar-refractivity contribution in [3.05, 3.63) is 206 Å². The fourth-order valence-electron chi connectivity index (χ4n) is 8.57. The highest BCUT2D eigenvalue weighted by atomic mass is 32.1. The molecule has 9 aromatic carbocycles. The van der Waals surface area contributed by atoms with Crippen LogP contribution in [0, 0.1) is 0 Å². The van der Waals surface area contributed by atoms with Gasteiger partial charge in [0.15, 0.2) is 0 Å². The van der Waals surface area contributed by atoms with Crippen molar-refractivity contribution >= 4 is 75.1 Å². The number of fused-ring (bicyclic) bond motifs is 9. The van der Waals surface area contributed by atoms with Gasteiger partial charge in [0.1, 0.15) is 0 Å². The second-order valence-electron chi connectivity index (χ2n) is 14.4. The lowest BCUT2D eigenvalue weighted by molar-refractivity contribution is 1.18. The molecule has 3 aromatic heterocycles. The number of hydrogen-bond acceptors (Lipinski definition) is 1. The maximum atomic E-state index is 9.95. The molecule has 0 fully saturated rings. The van der Waals surface area contributed by atoms with Crippen LogP contribution in [0.25, 0.3) is 109 Å². The van der Waals surface area contributed by atoms with Crippen molar-refractivity contribution in [3.8, 4) is 44.8 Å². The molecule has 0 saturated heterocycles. The van der Waals surface area contributed by atoms with Crippen molar-refractivity contribution < 1.29 is 9.60 Å². The zero-order valence-corrected chi connectivity index (χ0v) is 31.2. The Hall–Kier alpha value is -7.20. The summed E-state index contributed by atoms with van der Waals surface area (Å²) in [6, 6.07) is 53.3. The third-order valence-electron chi connectivity index (χ3n) is 11.2. The van der Waals surface area contributed by atoms with E-state index < -0.39 is 12.1 Å². The molecule has 0 bridgehead atoms. The number of benzene rings is 9. The number of para-hydroxylation sites is 1. The van der Waals surface area contributed by atoms with E-state index in [1.807, 2.05) is 91.0 Å². The summed E-state index contributed by atoms with van der Waals surface area (Å²) in [6.07, 6.45) is 0. The minimum atomic E-state index is -0.422. The molecular weight excluding hydrogens is 709 g/mol. The minimum Gasteiger partial charge on any atom is -0.309 e. The third-order valence-corrected chi connectivity index (χ3v) is 12.3. The van der Waals surface area contributed by atoms with Gasteiger partial charge in [0, 0.05) is 53.1 Å². The van der Waals surface area contributed by atoms with Gasteiger partial charge in [-0.3, -0.25) is 0 Å². The predicted molar refractivity (Wildman–Crippen MR) is 244 cm³/mol. The number of thiophene rings is 1. The molecule has 0 aliphatic rings. The van der Waals surface area contributed by atoms with E-state index in [1.165, 1.54) is 20.2 Å². The van der Waals surface area contributed by atoms with Crippen molar-refractivity contribution in [3.63, 3.8) is 0 Å². The maximum Gasteiger partial charge on any atom is 0.0645 e. The Morgan fingerprint density at radius 1 is 0.368 bits per heavy atom. The first kappa shape index (κ1) is 25.8. The van der Waals surface area contributed by atoms with Crippen LogP contribution in [0.15, 0.2) is 206 Å². The van der Waals surface area contributed by atoms with E-state index in [9.17, 15) is 5.48 Å². The average molecular weight is 750 g/mol. The van der Waals surface area contributed by atoms with E-state index in [0.717, 1.165) is 49.7 Å². The summed E-state index contributed by atoms with van der Waals surface area (Å²) in [7, 11) is 0. The van der Waals surface area contributed by atoms with Crippen molar-refractivity contribution in [1.29, 1.82) is 0 Å². The lowest BCUT2D eigenvalue weighted by Crippen LogP contribution is -1.94. The van der Waals surface area contributed by atoms with E-state index in [4.69, 9.17) is 4.11 Å². The molecule has 0 saturated carbocycles. The first-order valence-electron chi connectivity index (χ1n) is 22.4. The summed E-state index contributed by atoms with van der Waals surface area (Å²) >= 11 is 1.78. The molecule has 0 N–H and O–H groups in total. The molecule has 0 aliphatic heterocycles. The molecule has 12 aromatic rings. The van der Waals surface area contributed by atoms with Crippen molar-refractivity contribution in [2.75, 3.05) is 0 Å². The van der Waals surface area contributed by atoms with E-state index >= 15 is 0 Å². The van der Waals surface area contributed by atoms with E-state index in [-0.39, 0.29) is 57.6 Å². The summed E-state index contributed by atoms with van der Waals surface area (Å²) < 4.78 is 71.4. The zero-order chi connectivity index (χ0) is 43.5. The van der Waals surface area contributed by atoms with Gasteiger partial charge < -0.3 is 9.13 Å². The molecule has 0 aliphatic carbocycles. The molecule has 0 unspecified atom stereocenters. The van der Waals surface area contributed by atoms with Gasteiger partial charge in [0.2, 0.25) is 0 Å². The van der Waals surface area contributed by atoms with Gasteiger partial charge in [-0.1, -0.05) is 133 Å². The lowest BCUT2D eigenvalue weighted by atomic mass is 9.97. The zero-order valence-electron chi connectivity index (χ0n) is 37.4. The Morgan fingerprint density at radius 3 is 1.91 bits per heavy atom. The Balaban J connectivity index is 1.14. The number of hydrogen-bond donors (Lipinski definition) is 0. The van der Waals surface area contributed by atoms with Crippen LogP contribution >= 0.6 is 11.3 Å². The molecule has 0 amide bonds. The second-order valence-corrected chi connectivity index (χ2v) is 15.4. The maximum absolute atomic E-state index is 9.95. The number of nitrogens with zero attached hydrogens (tertiary/aromatic N) is 2. The second kappa shape index (κ2) is 12.7. The molecule has 0 spiro atoms. The van der Waals surface area contributed by atoms with Crippen molar-refractivity contribution in [1.82, 2.24) is 9.13 Å². The van der Waals surface area contributed by atoms with E-state index in [1.54, 1.807) is 15.9 Å². The van der Waals surface area contributed by atoms with E-state index in [2.05, 4.69) is 77.4 Å². The standard InChI is InChI=1S/C54H34N2S/c1-3-12-35(13-4-1)36-22-26-40(27-23-36)55-48-19-9-7-16-43(48)45-32-38(24-29-49(45)55)39-25-30-50-47(33-39)54-42(37-14-5-2-6-15-37)18-11-20-51(54)56(50)41-28-31-53-46(34-41)44-17-8-10-21-52(44)57-53/h1-34H/i7D,9D,16D,19D,24D,29D,32D. The highest BCUT2D eigenvalue weighted by Crippen LogP contribution is 2.43. The van der Waals surface area contributed by atoms with Crippen LogP contribution in [-0.4, -0.2) is 9.13 Å². The Morgan fingerprint density at radius 2 is 1.05 bits per heavy atom. The van der Waals surface area contributed by atoms with Crippen LogP contribution < -0.4 is 0 Å². The van der Waals surface area contributed by atoms with E-state index in [0.29, 0.717) is 11.3 Å². The van der Waals surface area contributed by atoms with Gasteiger partial charge in [-0.25, -0.2) is 0 Å². The van der Waals surface area contributed by atoms with Crippen LogP contribution in [0.3, 0.4) is 0 Å². The largest absolute Gasteiger partial charge is 0.309 e. The Labute approximate surface area is 343 Å². The normalized spacial score (nSPS) is 13.6. The highest BCUT2D eigenvalue weighted by molar-refractivity contribution is 7.25. The van der Waals surface area contributed by atoms with Crippen LogP contribution in [0.4, 0.5) is 0 Å². The molecule has 57 heavy (non-hydrogen) atoms. The fourth-order valence-corrected chi connectivity index (χ4v) is 9.65. The van der Waals surface area contributed by atoms with Crippen molar-refractivity contribution in [2.24, 2.45) is 0 Å². The SMILES string of the molecule is [2H]c1c([2H])c([2H])c2c(c1[2H])c1c([2H])c(-c3ccc4c(c3)c3c(-c5ccccc5)cccc3n4-c3ccc4sc5ccccc5c4c3)c([2H])c([2H])c1n2-c1ccc(-c2ccccc2)cc1. The monoisotopic (exact) mass is 749 g/mol. The first-order chi connectivity index (χ1) is 31.2. The van der Waals surface area contributed by atoms with Gasteiger partial charge in [0.25, 0.3) is 0 Å². The minimum absolute atomic E-state index is 0.0770. The third kappa shape index (κ3) is 5.03. The summed E-state index contributed by atoms with van der Waals surface area (Å²) in [5.41, 5.74) is 8.68. The molecule has 266 valence electrons. The van der Waals surface area contributed by atoms with Gasteiger partial charge in [-0.05, 0) is 106 Å².